The van der Waals surface area contributed by atoms with Gasteiger partial charge in [0.15, 0.2) is 11.9 Å². The third-order valence-corrected chi connectivity index (χ3v) is 7.40. The van der Waals surface area contributed by atoms with E-state index in [1.807, 2.05) is 0 Å². The zero-order valence-corrected chi connectivity index (χ0v) is 24.4. The largest absolute Gasteiger partial charge is 0.507 e. The van der Waals surface area contributed by atoms with Crippen LogP contribution in [0.4, 0.5) is 0 Å². The SMILES string of the molecule is COc1ccccc1CN=NC1=C(O)C(O)C(N=NCc2ccccc2OC)(S(=O)(=O)O)c2ccccc21.[Na]. The van der Waals surface area contributed by atoms with Crippen molar-refractivity contribution in [1.29, 1.82) is 0 Å². The van der Waals surface area contributed by atoms with Crippen LogP contribution in [0.1, 0.15) is 22.3 Å². The first kappa shape index (κ1) is 30.4. The fourth-order valence-corrected chi connectivity index (χ4v) is 5.22. The average molecular weight is 562 g/mol. The number of rotatable bonds is 9. The van der Waals surface area contributed by atoms with Gasteiger partial charge in [0.25, 0.3) is 4.87 Å². The van der Waals surface area contributed by atoms with Crippen molar-refractivity contribution >= 4 is 45.4 Å². The number of nitrogens with zero attached hydrogens (tertiary/aromatic N) is 4. The zero-order valence-electron chi connectivity index (χ0n) is 21.6. The van der Waals surface area contributed by atoms with Crippen LogP contribution in [0.3, 0.4) is 0 Å². The summed E-state index contributed by atoms with van der Waals surface area (Å²) in [4.78, 5) is -2.74. The first-order valence-electron chi connectivity index (χ1n) is 11.4. The van der Waals surface area contributed by atoms with E-state index in [2.05, 4.69) is 20.5 Å². The van der Waals surface area contributed by atoms with Gasteiger partial charge in [0.2, 0.25) is 0 Å². The van der Waals surface area contributed by atoms with Gasteiger partial charge >= 0.3 is 10.1 Å². The Bertz CT molecular complexity index is 1530. The monoisotopic (exact) mass is 561 g/mol. The average Bonchev–Trinajstić information content (AvgIpc) is 2.92. The number of hydrogen-bond donors (Lipinski definition) is 3. The van der Waals surface area contributed by atoms with Gasteiger partial charge in [-0.1, -0.05) is 60.7 Å². The number of fused-ring (bicyclic) bond motifs is 1. The van der Waals surface area contributed by atoms with Crippen LogP contribution in [-0.4, -0.2) is 73.1 Å². The van der Waals surface area contributed by atoms with Gasteiger partial charge in [-0.15, -0.1) is 0 Å². The standard InChI is InChI=1S/C26H26N4O7S.Na/c1-36-21-13-7-3-9-17(21)15-27-29-23-19-11-5-6-12-20(19)26(38(33,34)35,25(32)24(23)31)30-28-16-18-10-4-8-14-22(18)37-2;/h3-14,25,31-32H,15-16H2,1-2H3,(H,33,34,35);. The quantitative estimate of drug-likeness (QED) is 0.200. The number of ether oxygens (including phenoxy) is 2. The Kier molecular flexibility index (Phi) is 9.99. The Labute approximate surface area is 248 Å². The molecule has 0 amide bonds. The minimum Gasteiger partial charge on any atom is -0.507 e. The van der Waals surface area contributed by atoms with Crippen molar-refractivity contribution in [2.75, 3.05) is 14.2 Å². The Balaban J connectivity index is 0.00000420. The van der Waals surface area contributed by atoms with Crippen LogP contribution in [0.15, 0.2) is 99.0 Å². The van der Waals surface area contributed by atoms with Gasteiger partial charge < -0.3 is 19.7 Å². The molecule has 0 bridgehead atoms. The molecule has 4 rings (SSSR count). The van der Waals surface area contributed by atoms with Gasteiger partial charge in [0, 0.05) is 51.8 Å². The van der Waals surface area contributed by atoms with Crippen LogP contribution in [0, 0.1) is 0 Å². The van der Waals surface area contributed by atoms with E-state index in [0.29, 0.717) is 17.1 Å². The number of aliphatic hydroxyl groups excluding tert-OH is 2. The van der Waals surface area contributed by atoms with Crippen LogP contribution in [0.25, 0.3) is 5.70 Å². The van der Waals surface area contributed by atoms with Crippen LogP contribution < -0.4 is 9.47 Å². The molecule has 0 saturated carbocycles. The van der Waals surface area contributed by atoms with E-state index in [0.717, 1.165) is 5.56 Å². The topological polar surface area (TPSA) is 163 Å². The summed E-state index contributed by atoms with van der Waals surface area (Å²) in [7, 11) is -2.17. The second-order valence-corrected chi connectivity index (χ2v) is 9.85. The third kappa shape index (κ3) is 5.91. The van der Waals surface area contributed by atoms with E-state index in [4.69, 9.17) is 9.47 Å². The molecule has 0 heterocycles. The molecule has 2 unspecified atom stereocenters. The Hall–Kier alpha value is -3.13. The molecule has 0 spiro atoms. The summed E-state index contributed by atoms with van der Waals surface area (Å²) in [6, 6.07) is 20.0. The molecule has 1 aliphatic rings. The third-order valence-electron chi connectivity index (χ3n) is 6.09. The van der Waals surface area contributed by atoms with Crippen LogP contribution in [0.2, 0.25) is 0 Å². The molecule has 1 radical (unpaired) electrons. The van der Waals surface area contributed by atoms with E-state index in [1.54, 1.807) is 54.6 Å². The van der Waals surface area contributed by atoms with E-state index >= 15 is 0 Å². The molecule has 13 heteroatoms. The van der Waals surface area contributed by atoms with Crippen LogP contribution in [0.5, 0.6) is 11.5 Å². The molecule has 3 N–H and O–H groups in total. The molecule has 0 saturated heterocycles. The molecule has 199 valence electrons. The molecule has 3 aromatic rings. The zero-order chi connectivity index (χ0) is 27.3. The van der Waals surface area contributed by atoms with Crippen molar-refractivity contribution in [2.24, 2.45) is 20.5 Å². The van der Waals surface area contributed by atoms with Gasteiger partial charge in [-0.05, 0) is 12.1 Å². The molecule has 11 nitrogen and oxygen atoms in total. The number of azo groups is 2. The van der Waals surface area contributed by atoms with Crippen molar-refractivity contribution in [3.63, 3.8) is 0 Å². The molecular formula is C26H26N4NaO7S. The van der Waals surface area contributed by atoms with Gasteiger partial charge in [-0.3, -0.25) is 4.55 Å². The second-order valence-electron chi connectivity index (χ2n) is 8.28. The minimum absolute atomic E-state index is 0. The fourth-order valence-electron chi connectivity index (χ4n) is 4.21. The molecule has 0 aromatic heterocycles. The number of hydrogen-bond acceptors (Lipinski definition) is 10. The number of benzene rings is 3. The van der Waals surface area contributed by atoms with Gasteiger partial charge in [0.05, 0.1) is 27.3 Å². The van der Waals surface area contributed by atoms with Crippen molar-refractivity contribution in [1.82, 2.24) is 0 Å². The smallest absolute Gasteiger partial charge is 0.300 e. The molecule has 0 fully saturated rings. The summed E-state index contributed by atoms with van der Waals surface area (Å²) in [5.74, 6) is 0.258. The maximum atomic E-state index is 12.8. The van der Waals surface area contributed by atoms with Gasteiger partial charge in [-0.2, -0.15) is 28.9 Å². The molecule has 1 aliphatic carbocycles. The van der Waals surface area contributed by atoms with E-state index in [1.165, 1.54) is 32.4 Å². The normalized spacial score (nSPS) is 19.1. The molecule has 2 atom stereocenters. The van der Waals surface area contributed by atoms with Crippen molar-refractivity contribution in [3.05, 3.63) is 101 Å². The van der Waals surface area contributed by atoms with Crippen molar-refractivity contribution in [3.8, 4) is 11.5 Å². The second kappa shape index (κ2) is 12.8. The maximum absolute atomic E-state index is 12.8. The summed E-state index contributed by atoms with van der Waals surface area (Å²) in [5, 5.41) is 38.1. The van der Waals surface area contributed by atoms with Crippen molar-refractivity contribution in [2.45, 2.75) is 24.1 Å². The Morgan fingerprint density at radius 3 is 1.92 bits per heavy atom. The summed E-state index contributed by atoms with van der Waals surface area (Å²) < 4.78 is 46.5. The van der Waals surface area contributed by atoms with E-state index < -0.39 is 26.9 Å². The number of aliphatic hydroxyl groups is 2. The van der Waals surface area contributed by atoms with Crippen molar-refractivity contribution < 1.29 is 32.7 Å². The van der Waals surface area contributed by atoms with Gasteiger partial charge in [-0.25, -0.2) is 0 Å². The fraction of sp³-hybridized carbons (Fsp3) is 0.231. The Morgan fingerprint density at radius 2 is 1.36 bits per heavy atom. The summed E-state index contributed by atoms with van der Waals surface area (Å²) in [6.45, 7) is -0.0345. The first-order chi connectivity index (χ1) is 18.2. The summed E-state index contributed by atoms with van der Waals surface area (Å²) in [6.07, 6.45) is -2.23. The first-order valence-corrected chi connectivity index (χ1v) is 12.9. The maximum Gasteiger partial charge on any atom is 0.300 e. The molecular weight excluding hydrogens is 535 g/mol. The number of methoxy groups -OCH3 is 2. The molecule has 3 aromatic carbocycles. The summed E-state index contributed by atoms with van der Waals surface area (Å²) >= 11 is 0. The van der Waals surface area contributed by atoms with E-state index in [-0.39, 0.29) is 59.5 Å². The van der Waals surface area contributed by atoms with E-state index in [9.17, 15) is 23.2 Å². The summed E-state index contributed by atoms with van der Waals surface area (Å²) in [5.41, 5.74) is 1.13. The predicted octanol–water partition coefficient (Wildman–Crippen LogP) is 4.27. The predicted molar refractivity (Wildman–Crippen MR) is 144 cm³/mol. The van der Waals surface area contributed by atoms with Gasteiger partial charge in [0.1, 0.15) is 17.2 Å². The van der Waals surface area contributed by atoms with Crippen LogP contribution in [-0.2, 0) is 28.1 Å². The van der Waals surface area contributed by atoms with Crippen LogP contribution >= 0.6 is 0 Å². The minimum atomic E-state index is -5.17. The number of para-hydroxylation sites is 2. The molecule has 39 heavy (non-hydrogen) atoms. The Morgan fingerprint density at radius 1 is 0.846 bits per heavy atom. The molecule has 0 aliphatic heterocycles.